The van der Waals surface area contributed by atoms with Gasteiger partial charge in [0.1, 0.15) is 0 Å². The number of nitrogens with zero attached hydrogens (tertiary/aromatic N) is 2. The van der Waals surface area contributed by atoms with Crippen LogP contribution in [0.3, 0.4) is 0 Å². The molecule has 56 valence electrons. The lowest BCUT2D eigenvalue weighted by atomic mass is 10.3. The smallest absolute Gasteiger partial charge is 0.0804 e. The number of hydrogen-bond acceptors (Lipinski definition) is 1. The van der Waals surface area contributed by atoms with Crippen LogP contribution in [0.1, 0.15) is 5.56 Å². The van der Waals surface area contributed by atoms with Gasteiger partial charge >= 0.3 is 0 Å². The summed E-state index contributed by atoms with van der Waals surface area (Å²) in [5, 5.41) is 4.15. The molecule has 0 saturated heterocycles. The molecule has 2 aromatic heterocycles. The van der Waals surface area contributed by atoms with Gasteiger partial charge in [0.05, 0.1) is 16.2 Å². The van der Waals surface area contributed by atoms with Gasteiger partial charge in [0.2, 0.25) is 0 Å². The predicted octanol–water partition coefficient (Wildman–Crippen LogP) is 2.41. The predicted molar refractivity (Wildman–Crippen MR) is 47.6 cm³/mol. The molecule has 2 heterocycles. The molecule has 0 atom stereocenters. The summed E-state index contributed by atoms with van der Waals surface area (Å²) < 4.78 is 2.90. The van der Waals surface area contributed by atoms with Crippen LogP contribution in [0, 0.1) is 6.92 Å². The fourth-order valence-electron chi connectivity index (χ4n) is 1.06. The van der Waals surface area contributed by atoms with E-state index in [0.29, 0.717) is 0 Å². The maximum Gasteiger partial charge on any atom is 0.0804 e. The number of fused-ring (bicyclic) bond motifs is 1. The van der Waals surface area contributed by atoms with Crippen molar-refractivity contribution in [1.82, 2.24) is 9.61 Å². The first-order valence-corrected chi connectivity index (χ1v) is 4.16. The Kier molecular flexibility index (Phi) is 1.46. The van der Waals surface area contributed by atoms with Crippen molar-refractivity contribution >= 4 is 21.4 Å². The first-order chi connectivity index (χ1) is 5.27. The Balaban J connectivity index is 2.86. The first-order valence-electron chi connectivity index (χ1n) is 3.37. The maximum absolute atomic E-state index is 4.15. The maximum atomic E-state index is 4.15. The molecule has 0 aliphatic rings. The van der Waals surface area contributed by atoms with Crippen molar-refractivity contribution in [3.63, 3.8) is 0 Å². The van der Waals surface area contributed by atoms with E-state index in [2.05, 4.69) is 34.0 Å². The van der Waals surface area contributed by atoms with Crippen LogP contribution in [-0.2, 0) is 0 Å². The number of halogens is 1. The Bertz CT molecular complexity index is 392. The molecule has 11 heavy (non-hydrogen) atoms. The summed E-state index contributed by atoms with van der Waals surface area (Å²) in [6.45, 7) is 2.05. The van der Waals surface area contributed by atoms with Crippen LogP contribution in [0.4, 0.5) is 0 Å². The Hall–Kier alpha value is -0.830. The number of aryl methyl sites for hydroxylation is 1. The van der Waals surface area contributed by atoms with Crippen LogP contribution in [0.15, 0.2) is 29.0 Å². The summed E-state index contributed by atoms with van der Waals surface area (Å²) in [5.74, 6) is 0. The van der Waals surface area contributed by atoms with E-state index in [0.717, 1.165) is 9.99 Å². The molecule has 0 aliphatic heterocycles. The zero-order valence-electron chi connectivity index (χ0n) is 6.08. The van der Waals surface area contributed by atoms with Gasteiger partial charge in [0.25, 0.3) is 0 Å². The minimum Gasteiger partial charge on any atom is -0.240 e. The Morgan fingerprint density at radius 1 is 1.45 bits per heavy atom. The Labute approximate surface area is 73.0 Å². The van der Waals surface area contributed by atoms with E-state index < -0.39 is 0 Å². The van der Waals surface area contributed by atoms with Crippen molar-refractivity contribution in [1.29, 1.82) is 0 Å². The normalized spacial score (nSPS) is 10.7. The van der Waals surface area contributed by atoms with Gasteiger partial charge in [-0.05, 0) is 34.5 Å². The third-order valence-electron chi connectivity index (χ3n) is 1.62. The molecule has 0 unspecified atom stereocenters. The lowest BCUT2D eigenvalue weighted by Gasteiger charge is -1.94. The standard InChI is InChI=1S/C8H7BrN2/c1-6-2-3-8-7(9)4-10-11(8)5-6/h2-5H,1H3. The molecule has 3 heteroatoms. The summed E-state index contributed by atoms with van der Waals surface area (Å²) in [7, 11) is 0. The van der Waals surface area contributed by atoms with Gasteiger partial charge in [-0.2, -0.15) is 5.10 Å². The highest BCUT2D eigenvalue weighted by Gasteiger charge is 1.98. The van der Waals surface area contributed by atoms with Crippen LogP contribution >= 0.6 is 15.9 Å². The van der Waals surface area contributed by atoms with Crippen molar-refractivity contribution in [2.45, 2.75) is 6.92 Å². The van der Waals surface area contributed by atoms with Gasteiger partial charge in [-0.25, -0.2) is 4.52 Å². The van der Waals surface area contributed by atoms with E-state index in [1.165, 1.54) is 5.56 Å². The summed E-state index contributed by atoms with van der Waals surface area (Å²) in [4.78, 5) is 0. The van der Waals surface area contributed by atoms with Gasteiger partial charge in [-0.1, -0.05) is 6.07 Å². The monoisotopic (exact) mass is 210 g/mol. The number of hydrogen-bond donors (Lipinski definition) is 0. The summed E-state index contributed by atoms with van der Waals surface area (Å²) >= 11 is 3.41. The van der Waals surface area contributed by atoms with Gasteiger partial charge < -0.3 is 0 Å². The Morgan fingerprint density at radius 2 is 2.27 bits per heavy atom. The molecule has 0 amide bonds. The summed E-state index contributed by atoms with van der Waals surface area (Å²) in [6, 6.07) is 4.12. The molecule has 0 fully saturated rings. The number of rotatable bonds is 0. The van der Waals surface area contributed by atoms with Crippen molar-refractivity contribution in [3.05, 3.63) is 34.6 Å². The lowest BCUT2D eigenvalue weighted by molar-refractivity contribution is 0.952. The van der Waals surface area contributed by atoms with Gasteiger partial charge in [-0.15, -0.1) is 0 Å². The largest absolute Gasteiger partial charge is 0.240 e. The number of pyridine rings is 1. The van der Waals surface area contributed by atoms with Crippen molar-refractivity contribution in [3.8, 4) is 0 Å². The topological polar surface area (TPSA) is 17.3 Å². The fourth-order valence-corrected chi connectivity index (χ4v) is 1.46. The van der Waals surface area contributed by atoms with Gasteiger partial charge in [0.15, 0.2) is 0 Å². The molecule has 2 nitrogen and oxygen atoms in total. The molecule has 2 rings (SSSR count). The zero-order chi connectivity index (χ0) is 7.84. The third-order valence-corrected chi connectivity index (χ3v) is 2.23. The summed E-state index contributed by atoms with van der Waals surface area (Å²) in [6.07, 6.45) is 3.80. The van der Waals surface area contributed by atoms with Crippen molar-refractivity contribution in [2.75, 3.05) is 0 Å². The molecule has 0 aliphatic carbocycles. The average Bonchev–Trinajstić information content (AvgIpc) is 2.32. The second-order valence-electron chi connectivity index (χ2n) is 2.53. The van der Waals surface area contributed by atoms with Gasteiger partial charge in [0, 0.05) is 6.20 Å². The molecule has 0 N–H and O–H groups in total. The Morgan fingerprint density at radius 3 is 3.09 bits per heavy atom. The quantitative estimate of drug-likeness (QED) is 0.653. The fraction of sp³-hybridized carbons (Fsp3) is 0.125. The zero-order valence-corrected chi connectivity index (χ0v) is 7.67. The van der Waals surface area contributed by atoms with Crippen LogP contribution in [0.2, 0.25) is 0 Å². The highest BCUT2D eigenvalue weighted by molar-refractivity contribution is 9.10. The van der Waals surface area contributed by atoms with E-state index in [1.54, 1.807) is 6.20 Å². The molecular weight excluding hydrogens is 204 g/mol. The molecule has 0 saturated carbocycles. The highest BCUT2D eigenvalue weighted by atomic mass is 79.9. The van der Waals surface area contributed by atoms with E-state index in [-0.39, 0.29) is 0 Å². The minimum atomic E-state index is 1.04. The summed E-state index contributed by atoms with van der Waals surface area (Å²) in [5.41, 5.74) is 2.32. The van der Waals surface area contributed by atoms with Crippen LogP contribution in [0.5, 0.6) is 0 Å². The molecule has 0 radical (unpaired) electrons. The molecule has 0 spiro atoms. The van der Waals surface area contributed by atoms with Crippen LogP contribution in [0.25, 0.3) is 5.52 Å². The minimum absolute atomic E-state index is 1.04. The van der Waals surface area contributed by atoms with E-state index in [9.17, 15) is 0 Å². The molecule has 0 bridgehead atoms. The molecule has 2 aromatic rings. The van der Waals surface area contributed by atoms with Crippen molar-refractivity contribution < 1.29 is 0 Å². The van der Waals surface area contributed by atoms with Crippen molar-refractivity contribution in [2.24, 2.45) is 0 Å². The SMILES string of the molecule is Cc1ccc2c(Br)cnn2c1. The second kappa shape index (κ2) is 2.34. The first kappa shape index (κ1) is 6.85. The third kappa shape index (κ3) is 1.05. The second-order valence-corrected chi connectivity index (χ2v) is 3.38. The molecule has 0 aromatic carbocycles. The highest BCUT2D eigenvalue weighted by Crippen LogP contribution is 2.16. The number of aromatic nitrogens is 2. The molecular formula is C8H7BrN2. The van der Waals surface area contributed by atoms with Gasteiger partial charge in [-0.3, -0.25) is 0 Å². The van der Waals surface area contributed by atoms with Crippen LogP contribution in [-0.4, -0.2) is 9.61 Å². The lowest BCUT2D eigenvalue weighted by Crippen LogP contribution is -1.86. The van der Waals surface area contributed by atoms with E-state index >= 15 is 0 Å². The van der Waals surface area contributed by atoms with E-state index in [1.807, 2.05) is 16.8 Å². The average molecular weight is 211 g/mol. The van der Waals surface area contributed by atoms with Crippen LogP contribution < -0.4 is 0 Å². The van der Waals surface area contributed by atoms with E-state index in [4.69, 9.17) is 0 Å².